The van der Waals surface area contributed by atoms with Crippen LogP contribution in [0.4, 0.5) is 0 Å². The molecule has 0 aliphatic carbocycles. The van der Waals surface area contributed by atoms with Gasteiger partial charge in [0.2, 0.25) is 0 Å². The lowest BCUT2D eigenvalue weighted by Crippen LogP contribution is -2.27. The molecular weight excluding hydrogens is 346 g/mol. The van der Waals surface area contributed by atoms with Crippen molar-refractivity contribution in [2.75, 3.05) is 20.5 Å². The van der Waals surface area contributed by atoms with Gasteiger partial charge < -0.3 is 14.8 Å². The van der Waals surface area contributed by atoms with E-state index in [1.165, 1.54) is 0 Å². The highest BCUT2D eigenvalue weighted by molar-refractivity contribution is 7.98. The number of carbonyl (C=O) groups is 1. The van der Waals surface area contributed by atoms with Crippen LogP contribution in [0.1, 0.15) is 28.9 Å². The van der Waals surface area contributed by atoms with Crippen LogP contribution in [0.25, 0.3) is 0 Å². The van der Waals surface area contributed by atoms with Crippen molar-refractivity contribution in [2.24, 2.45) is 0 Å². The Balaban J connectivity index is 2.23. The van der Waals surface area contributed by atoms with Crippen LogP contribution in [0, 0.1) is 0 Å². The Labute approximate surface area is 151 Å². The van der Waals surface area contributed by atoms with Crippen molar-refractivity contribution in [2.45, 2.75) is 17.9 Å². The number of ether oxygens (including phenoxy) is 2. The van der Waals surface area contributed by atoms with Gasteiger partial charge in [-0.2, -0.15) is 0 Å². The minimum atomic E-state index is -0.243. The summed E-state index contributed by atoms with van der Waals surface area (Å²) in [5.74, 6) is 1.14. The second-order valence-electron chi connectivity index (χ2n) is 5.15. The molecule has 0 radical (unpaired) electrons. The first-order valence-corrected chi connectivity index (χ1v) is 8.96. The topological polar surface area (TPSA) is 47.6 Å². The minimum Gasteiger partial charge on any atom is -0.497 e. The lowest BCUT2D eigenvalue weighted by atomic mass is 10.1. The van der Waals surface area contributed by atoms with E-state index in [9.17, 15) is 4.79 Å². The van der Waals surface area contributed by atoms with Gasteiger partial charge in [-0.05, 0) is 43.5 Å². The number of carbonyl (C=O) groups excluding carboxylic acids is 1. The molecule has 0 aliphatic heterocycles. The van der Waals surface area contributed by atoms with Gasteiger partial charge in [-0.3, -0.25) is 4.79 Å². The van der Waals surface area contributed by atoms with Crippen molar-refractivity contribution >= 4 is 29.3 Å². The number of amides is 1. The van der Waals surface area contributed by atoms with Crippen LogP contribution in [0.2, 0.25) is 5.02 Å². The fourth-order valence-electron chi connectivity index (χ4n) is 2.33. The fourth-order valence-corrected chi connectivity index (χ4v) is 2.98. The van der Waals surface area contributed by atoms with E-state index in [2.05, 4.69) is 5.32 Å². The summed E-state index contributed by atoms with van der Waals surface area (Å²) in [6.07, 6.45) is 1.95. The number of rotatable bonds is 6. The third-order valence-electron chi connectivity index (χ3n) is 3.67. The SMILES string of the molecule is COc1ccc(C(C)NC(=O)c2cc(SC)ccc2Cl)c(OC)c1. The number of hydrogen-bond donors (Lipinski definition) is 1. The van der Waals surface area contributed by atoms with Crippen molar-refractivity contribution in [1.82, 2.24) is 5.32 Å². The van der Waals surface area contributed by atoms with Crippen LogP contribution in [0.5, 0.6) is 11.5 Å². The number of halogens is 1. The highest BCUT2D eigenvalue weighted by atomic mass is 35.5. The first-order valence-electron chi connectivity index (χ1n) is 7.36. The predicted molar refractivity (Wildman–Crippen MR) is 98.7 cm³/mol. The molecule has 4 nitrogen and oxygen atoms in total. The molecule has 0 aliphatic rings. The predicted octanol–water partition coefficient (Wildman–Crippen LogP) is 4.57. The molecule has 0 aromatic heterocycles. The molecule has 0 saturated heterocycles. The summed E-state index contributed by atoms with van der Waals surface area (Å²) < 4.78 is 10.6. The van der Waals surface area contributed by atoms with Gasteiger partial charge in [-0.1, -0.05) is 11.6 Å². The van der Waals surface area contributed by atoms with E-state index < -0.39 is 0 Å². The zero-order chi connectivity index (χ0) is 17.7. The van der Waals surface area contributed by atoms with Gasteiger partial charge in [-0.15, -0.1) is 11.8 Å². The van der Waals surface area contributed by atoms with Crippen LogP contribution in [0.3, 0.4) is 0 Å². The Morgan fingerprint density at radius 1 is 1.17 bits per heavy atom. The summed E-state index contributed by atoms with van der Waals surface area (Å²) >= 11 is 7.73. The summed E-state index contributed by atoms with van der Waals surface area (Å²) in [6.45, 7) is 1.90. The van der Waals surface area contributed by atoms with E-state index in [-0.39, 0.29) is 11.9 Å². The van der Waals surface area contributed by atoms with Gasteiger partial charge in [0.25, 0.3) is 5.91 Å². The summed E-state index contributed by atoms with van der Waals surface area (Å²) in [5.41, 5.74) is 1.33. The maximum atomic E-state index is 12.6. The third kappa shape index (κ3) is 4.16. The van der Waals surface area contributed by atoms with Crippen LogP contribution in [0.15, 0.2) is 41.3 Å². The quantitative estimate of drug-likeness (QED) is 0.762. The molecule has 1 N–H and O–H groups in total. The van der Waals surface area contributed by atoms with Gasteiger partial charge >= 0.3 is 0 Å². The Morgan fingerprint density at radius 3 is 2.54 bits per heavy atom. The first-order chi connectivity index (χ1) is 11.5. The molecule has 2 rings (SSSR count). The van der Waals surface area contributed by atoms with E-state index in [0.29, 0.717) is 22.1 Å². The molecule has 2 aromatic rings. The van der Waals surface area contributed by atoms with E-state index in [1.54, 1.807) is 44.2 Å². The van der Waals surface area contributed by atoms with E-state index in [4.69, 9.17) is 21.1 Å². The zero-order valence-corrected chi connectivity index (χ0v) is 15.6. The van der Waals surface area contributed by atoms with Gasteiger partial charge in [0.05, 0.1) is 30.8 Å². The molecule has 0 bridgehead atoms. The van der Waals surface area contributed by atoms with E-state index in [0.717, 1.165) is 10.5 Å². The normalized spacial score (nSPS) is 11.7. The molecule has 0 spiro atoms. The van der Waals surface area contributed by atoms with E-state index >= 15 is 0 Å². The molecule has 24 heavy (non-hydrogen) atoms. The lowest BCUT2D eigenvalue weighted by Gasteiger charge is -2.18. The van der Waals surface area contributed by atoms with E-state index in [1.807, 2.05) is 31.4 Å². The van der Waals surface area contributed by atoms with Crippen molar-refractivity contribution < 1.29 is 14.3 Å². The Kier molecular flexibility index (Phi) is 6.40. The van der Waals surface area contributed by atoms with Gasteiger partial charge in [0, 0.05) is 16.5 Å². The van der Waals surface area contributed by atoms with Crippen molar-refractivity contribution in [3.05, 3.63) is 52.5 Å². The van der Waals surface area contributed by atoms with Crippen molar-refractivity contribution in [1.29, 1.82) is 0 Å². The molecule has 0 saturated carbocycles. The highest BCUT2D eigenvalue weighted by Crippen LogP contribution is 2.30. The summed E-state index contributed by atoms with van der Waals surface area (Å²) in [7, 11) is 3.19. The smallest absolute Gasteiger partial charge is 0.253 e. The maximum absolute atomic E-state index is 12.6. The fraction of sp³-hybridized carbons (Fsp3) is 0.278. The number of hydrogen-bond acceptors (Lipinski definition) is 4. The Morgan fingerprint density at radius 2 is 1.92 bits per heavy atom. The standard InChI is InChI=1S/C18H20ClNO3S/c1-11(14-7-5-12(22-2)9-17(14)23-3)20-18(21)15-10-13(24-4)6-8-16(15)19/h5-11H,1-4H3,(H,20,21). The number of thioether (sulfide) groups is 1. The summed E-state index contributed by atoms with van der Waals surface area (Å²) in [6, 6.07) is 10.7. The van der Waals surface area contributed by atoms with Crippen LogP contribution >= 0.6 is 23.4 Å². The second-order valence-corrected chi connectivity index (χ2v) is 6.44. The largest absolute Gasteiger partial charge is 0.497 e. The molecule has 2 aromatic carbocycles. The van der Waals surface area contributed by atoms with Crippen LogP contribution in [-0.4, -0.2) is 26.4 Å². The average molecular weight is 366 g/mol. The number of nitrogens with one attached hydrogen (secondary N) is 1. The van der Waals surface area contributed by atoms with Crippen molar-refractivity contribution in [3.63, 3.8) is 0 Å². The van der Waals surface area contributed by atoms with Gasteiger partial charge in [-0.25, -0.2) is 0 Å². The molecule has 1 atom stereocenters. The highest BCUT2D eigenvalue weighted by Gasteiger charge is 2.18. The molecule has 0 fully saturated rings. The number of benzene rings is 2. The Hall–Kier alpha value is -1.85. The maximum Gasteiger partial charge on any atom is 0.253 e. The molecule has 128 valence electrons. The molecular formula is C18H20ClNO3S. The summed E-state index contributed by atoms with van der Waals surface area (Å²) in [5, 5.41) is 3.39. The molecule has 0 heterocycles. The lowest BCUT2D eigenvalue weighted by molar-refractivity contribution is 0.0939. The zero-order valence-electron chi connectivity index (χ0n) is 14.1. The molecule has 1 amide bonds. The van der Waals surface area contributed by atoms with Gasteiger partial charge in [0.1, 0.15) is 11.5 Å². The van der Waals surface area contributed by atoms with Crippen LogP contribution < -0.4 is 14.8 Å². The third-order valence-corrected chi connectivity index (χ3v) is 4.73. The molecule has 6 heteroatoms. The van der Waals surface area contributed by atoms with Crippen LogP contribution in [-0.2, 0) is 0 Å². The second kappa shape index (κ2) is 8.31. The average Bonchev–Trinajstić information content (AvgIpc) is 2.61. The van der Waals surface area contributed by atoms with Gasteiger partial charge in [0.15, 0.2) is 0 Å². The first kappa shape index (κ1) is 18.5. The Bertz CT molecular complexity index is 736. The van der Waals surface area contributed by atoms with Crippen molar-refractivity contribution in [3.8, 4) is 11.5 Å². The minimum absolute atomic E-state index is 0.221. The molecule has 1 unspecified atom stereocenters. The number of methoxy groups -OCH3 is 2. The monoisotopic (exact) mass is 365 g/mol. The summed E-state index contributed by atoms with van der Waals surface area (Å²) in [4.78, 5) is 13.6.